The fraction of sp³-hybridized carbons (Fsp3) is 0.647. The highest BCUT2D eigenvalue weighted by Crippen LogP contribution is 2.33. The van der Waals surface area contributed by atoms with Gasteiger partial charge in [-0.3, -0.25) is 4.79 Å². The molecular weight excluding hydrogens is 349 g/mol. The van der Waals surface area contributed by atoms with Crippen molar-refractivity contribution in [3.63, 3.8) is 0 Å². The van der Waals surface area contributed by atoms with Crippen LogP contribution in [0.5, 0.6) is 0 Å². The number of carbonyl (C=O) groups is 1. The molecule has 6 nitrogen and oxygen atoms in total. The number of nitrogens with one attached hydrogen (secondary N) is 1. The molecule has 2 aliphatic carbocycles. The van der Waals surface area contributed by atoms with Crippen molar-refractivity contribution in [2.24, 2.45) is 5.73 Å². The largest absolute Gasteiger partial charge is 0.393 e. The van der Waals surface area contributed by atoms with E-state index in [1.54, 1.807) is 6.07 Å². The van der Waals surface area contributed by atoms with Crippen LogP contribution in [-0.4, -0.2) is 45.0 Å². The Kier molecular flexibility index (Phi) is 6.59. The highest BCUT2D eigenvalue weighted by atomic mass is 35.5. The summed E-state index contributed by atoms with van der Waals surface area (Å²) < 4.78 is 12.0. The molecule has 0 saturated heterocycles. The van der Waals surface area contributed by atoms with Crippen molar-refractivity contribution < 1.29 is 19.4 Å². The summed E-state index contributed by atoms with van der Waals surface area (Å²) in [4.78, 5) is 15.1. The summed E-state index contributed by atoms with van der Waals surface area (Å²) >= 11 is 5.82. The van der Waals surface area contributed by atoms with Crippen LogP contribution in [-0.2, 0) is 0 Å². The average Bonchev–Trinajstić information content (AvgIpc) is 2.54. The van der Waals surface area contributed by atoms with Crippen LogP contribution in [0.25, 0.3) is 0 Å². The van der Waals surface area contributed by atoms with Gasteiger partial charge in [0.25, 0.3) is 5.91 Å². The summed E-state index contributed by atoms with van der Waals surface area (Å²) in [5.41, 5.74) is 5.20. The van der Waals surface area contributed by atoms with Crippen molar-refractivity contribution in [3.8, 4) is 0 Å². The SMILES string of the molecule is CC1(O)CC[C@H]1F.NC(=O)c1cnc(Cl)cc1N[C@H]1CCCC(O)C1. The van der Waals surface area contributed by atoms with Gasteiger partial charge in [0.15, 0.2) is 0 Å². The number of nitrogens with two attached hydrogens (primary N) is 1. The third-order valence-electron chi connectivity index (χ3n) is 4.72. The van der Waals surface area contributed by atoms with Gasteiger partial charge in [-0.1, -0.05) is 11.6 Å². The van der Waals surface area contributed by atoms with E-state index in [9.17, 15) is 14.3 Å². The lowest BCUT2D eigenvalue weighted by molar-refractivity contribution is -0.0919. The number of alkyl halides is 1. The zero-order valence-electron chi connectivity index (χ0n) is 14.2. The number of aliphatic hydroxyl groups is 2. The lowest BCUT2D eigenvalue weighted by Gasteiger charge is -2.36. The second kappa shape index (κ2) is 8.29. The Morgan fingerprint density at radius 1 is 1.48 bits per heavy atom. The molecule has 1 aromatic heterocycles. The second-order valence-electron chi connectivity index (χ2n) is 6.94. The van der Waals surface area contributed by atoms with Crippen LogP contribution in [0.1, 0.15) is 55.8 Å². The number of halogens is 2. The Hall–Kier alpha value is -1.44. The highest BCUT2D eigenvalue weighted by molar-refractivity contribution is 6.29. The van der Waals surface area contributed by atoms with E-state index in [1.807, 2.05) is 0 Å². The summed E-state index contributed by atoms with van der Waals surface area (Å²) in [6, 6.07) is 1.72. The maximum absolute atomic E-state index is 12.0. The molecule has 1 amide bonds. The average molecular weight is 374 g/mol. The van der Waals surface area contributed by atoms with Crippen molar-refractivity contribution in [1.29, 1.82) is 0 Å². The number of anilines is 1. The maximum Gasteiger partial charge on any atom is 0.252 e. The molecule has 0 aliphatic heterocycles. The summed E-state index contributed by atoms with van der Waals surface area (Å²) in [5, 5.41) is 21.9. The second-order valence-corrected chi connectivity index (χ2v) is 7.33. The van der Waals surface area contributed by atoms with E-state index in [2.05, 4.69) is 10.3 Å². The van der Waals surface area contributed by atoms with Crippen LogP contribution in [0.4, 0.5) is 10.1 Å². The molecule has 140 valence electrons. The zero-order chi connectivity index (χ0) is 18.6. The predicted molar refractivity (Wildman–Crippen MR) is 94.4 cm³/mol. The van der Waals surface area contributed by atoms with E-state index in [-0.39, 0.29) is 12.1 Å². The summed E-state index contributed by atoms with van der Waals surface area (Å²) in [6.07, 6.45) is 4.68. The smallest absolute Gasteiger partial charge is 0.252 e. The first-order valence-electron chi connectivity index (χ1n) is 8.45. The standard InChI is InChI=1S/C12H16ClN3O2.C5H9FO/c13-11-5-10(9(6-15-11)12(14)18)16-7-2-1-3-8(17)4-7;1-5(7)3-2-4(5)6/h5-8,17H,1-4H2,(H2,14,18)(H,15,16);4,7H,2-3H2,1H3/t7-,8?;4-,5?/m01/s1. The van der Waals surface area contributed by atoms with E-state index in [1.165, 1.54) is 13.1 Å². The molecule has 5 N–H and O–H groups in total. The van der Waals surface area contributed by atoms with Gasteiger partial charge in [0.05, 0.1) is 23.0 Å². The number of aliphatic hydroxyl groups excluding tert-OH is 1. The number of hydrogen-bond donors (Lipinski definition) is 4. The molecule has 2 aliphatic rings. The third kappa shape index (κ3) is 5.52. The van der Waals surface area contributed by atoms with Gasteiger partial charge in [-0.05, 0) is 51.5 Å². The molecule has 2 unspecified atom stereocenters. The minimum atomic E-state index is -0.986. The number of aromatic nitrogens is 1. The first-order chi connectivity index (χ1) is 11.7. The third-order valence-corrected chi connectivity index (χ3v) is 4.93. The normalized spacial score (nSPS) is 31.3. The molecule has 1 aromatic rings. The Morgan fingerprint density at radius 2 is 2.16 bits per heavy atom. The first kappa shape index (κ1) is 19.9. The lowest BCUT2D eigenvalue weighted by atomic mass is 9.80. The quantitative estimate of drug-likeness (QED) is 0.608. The van der Waals surface area contributed by atoms with Crippen LogP contribution in [0, 0.1) is 0 Å². The van der Waals surface area contributed by atoms with Gasteiger partial charge in [0.1, 0.15) is 11.3 Å². The number of nitrogens with zero attached hydrogens (tertiary/aromatic N) is 1. The summed E-state index contributed by atoms with van der Waals surface area (Å²) in [6.45, 7) is 1.53. The Morgan fingerprint density at radius 3 is 2.64 bits per heavy atom. The monoisotopic (exact) mass is 373 g/mol. The molecule has 0 spiro atoms. The molecular formula is C17H25ClFN3O3. The summed E-state index contributed by atoms with van der Waals surface area (Å²) in [5.74, 6) is -0.543. The van der Waals surface area contributed by atoms with Crippen molar-refractivity contribution >= 4 is 23.2 Å². The van der Waals surface area contributed by atoms with Crippen molar-refractivity contribution in [3.05, 3.63) is 23.0 Å². The highest BCUT2D eigenvalue weighted by Gasteiger charge is 2.41. The van der Waals surface area contributed by atoms with Crippen LogP contribution < -0.4 is 11.1 Å². The first-order valence-corrected chi connectivity index (χ1v) is 8.83. The van der Waals surface area contributed by atoms with Crippen molar-refractivity contribution in [2.45, 2.75) is 69.4 Å². The Balaban J connectivity index is 0.000000269. The van der Waals surface area contributed by atoms with Gasteiger partial charge >= 0.3 is 0 Å². The lowest BCUT2D eigenvalue weighted by Crippen LogP contribution is -2.45. The number of carbonyl (C=O) groups excluding carboxylic acids is 1. The van der Waals surface area contributed by atoms with Gasteiger partial charge in [-0.25, -0.2) is 9.37 Å². The van der Waals surface area contributed by atoms with E-state index in [0.717, 1.165) is 19.3 Å². The van der Waals surface area contributed by atoms with Gasteiger partial charge in [-0.2, -0.15) is 0 Å². The fourth-order valence-electron chi connectivity index (χ4n) is 2.93. The van der Waals surface area contributed by atoms with E-state index >= 15 is 0 Å². The molecule has 25 heavy (non-hydrogen) atoms. The molecule has 0 aromatic carbocycles. The van der Waals surface area contributed by atoms with E-state index < -0.39 is 17.7 Å². The predicted octanol–water partition coefficient (Wildman–Crippen LogP) is 2.42. The molecule has 2 fully saturated rings. The van der Waals surface area contributed by atoms with Gasteiger partial charge in [0, 0.05) is 12.2 Å². The van der Waals surface area contributed by atoms with Gasteiger partial charge in [0.2, 0.25) is 0 Å². The Labute approximate surface area is 151 Å². The topological polar surface area (TPSA) is 108 Å². The van der Waals surface area contributed by atoms with Crippen molar-refractivity contribution in [2.75, 3.05) is 5.32 Å². The van der Waals surface area contributed by atoms with Crippen LogP contribution in [0.2, 0.25) is 5.15 Å². The van der Waals surface area contributed by atoms with Gasteiger partial charge < -0.3 is 21.3 Å². The van der Waals surface area contributed by atoms with Crippen LogP contribution in [0.3, 0.4) is 0 Å². The van der Waals surface area contributed by atoms with E-state index in [0.29, 0.717) is 35.7 Å². The molecule has 4 atom stereocenters. The number of hydrogen-bond acceptors (Lipinski definition) is 5. The molecule has 0 radical (unpaired) electrons. The molecule has 8 heteroatoms. The molecule has 1 heterocycles. The number of pyridine rings is 1. The minimum absolute atomic E-state index is 0.130. The van der Waals surface area contributed by atoms with E-state index in [4.69, 9.17) is 22.4 Å². The van der Waals surface area contributed by atoms with Crippen LogP contribution >= 0.6 is 11.6 Å². The number of amides is 1. The Bertz CT molecular complexity index is 615. The molecule has 3 rings (SSSR count). The summed E-state index contributed by atoms with van der Waals surface area (Å²) in [7, 11) is 0. The van der Waals surface area contributed by atoms with Gasteiger partial charge in [-0.15, -0.1) is 0 Å². The minimum Gasteiger partial charge on any atom is -0.393 e. The van der Waals surface area contributed by atoms with Crippen molar-refractivity contribution in [1.82, 2.24) is 4.98 Å². The fourth-order valence-corrected chi connectivity index (χ4v) is 3.09. The molecule has 2 saturated carbocycles. The number of rotatable bonds is 3. The van der Waals surface area contributed by atoms with Crippen LogP contribution in [0.15, 0.2) is 12.3 Å². The molecule has 0 bridgehead atoms. The number of primary amides is 1. The zero-order valence-corrected chi connectivity index (χ0v) is 15.0. The maximum atomic E-state index is 12.0.